The van der Waals surface area contributed by atoms with Crippen molar-refractivity contribution in [2.75, 3.05) is 4.90 Å². The molecular formula is C28H32N4OS. The maximum Gasteiger partial charge on any atom is 0.174 e. The molecule has 176 valence electrons. The number of hydrogen-bond donors (Lipinski definition) is 1. The molecule has 5 nitrogen and oxygen atoms in total. The summed E-state index contributed by atoms with van der Waals surface area (Å²) >= 11 is 5.92. The van der Waals surface area contributed by atoms with Gasteiger partial charge in [0, 0.05) is 29.3 Å². The molecule has 0 spiro atoms. The van der Waals surface area contributed by atoms with Crippen LogP contribution in [0.3, 0.4) is 0 Å². The Morgan fingerprint density at radius 2 is 1.76 bits per heavy atom. The van der Waals surface area contributed by atoms with Crippen molar-refractivity contribution >= 4 is 23.0 Å². The molecule has 0 bridgehead atoms. The van der Waals surface area contributed by atoms with E-state index in [4.69, 9.17) is 21.9 Å². The summed E-state index contributed by atoms with van der Waals surface area (Å²) in [4.78, 5) is 6.97. The van der Waals surface area contributed by atoms with Crippen LogP contribution in [0, 0.1) is 13.8 Å². The quantitative estimate of drug-likeness (QED) is 0.425. The van der Waals surface area contributed by atoms with E-state index in [1.807, 2.05) is 12.3 Å². The number of hydrogen-bond acceptors (Lipinski definition) is 3. The third-order valence-corrected chi connectivity index (χ3v) is 7.89. The largest absolute Gasteiger partial charge is 0.490 e. The van der Waals surface area contributed by atoms with Crippen LogP contribution in [-0.2, 0) is 0 Å². The number of ether oxygens (including phenoxy) is 1. The fourth-order valence-electron chi connectivity index (χ4n) is 5.83. The van der Waals surface area contributed by atoms with E-state index in [1.54, 1.807) is 0 Å². The van der Waals surface area contributed by atoms with Gasteiger partial charge in [-0.25, -0.2) is 0 Å². The van der Waals surface area contributed by atoms with Crippen molar-refractivity contribution in [1.82, 2.24) is 14.9 Å². The molecule has 3 heterocycles. The second kappa shape index (κ2) is 8.73. The van der Waals surface area contributed by atoms with Gasteiger partial charge in [-0.05, 0) is 113 Å². The van der Waals surface area contributed by atoms with Crippen molar-refractivity contribution in [1.29, 1.82) is 0 Å². The lowest BCUT2D eigenvalue weighted by molar-refractivity contribution is 0.210. The van der Waals surface area contributed by atoms with Crippen molar-refractivity contribution in [2.45, 2.75) is 76.6 Å². The zero-order valence-corrected chi connectivity index (χ0v) is 20.7. The van der Waals surface area contributed by atoms with Gasteiger partial charge in [0.15, 0.2) is 5.11 Å². The predicted molar refractivity (Wildman–Crippen MR) is 139 cm³/mol. The number of pyridine rings is 1. The summed E-state index contributed by atoms with van der Waals surface area (Å²) in [6, 6.07) is 17.6. The molecule has 1 N–H and O–H groups in total. The van der Waals surface area contributed by atoms with Gasteiger partial charge in [-0.15, -0.1) is 0 Å². The first kappa shape index (κ1) is 21.7. The van der Waals surface area contributed by atoms with Gasteiger partial charge in [-0.2, -0.15) is 0 Å². The number of anilines is 1. The molecule has 3 aromatic rings. The summed E-state index contributed by atoms with van der Waals surface area (Å²) in [6.07, 6.45) is 9.62. The molecule has 34 heavy (non-hydrogen) atoms. The SMILES string of the molecule is Cc1cc([C@@H]2[C@@H](c3ccccn3)NC(=S)N2c2ccc(OC3CCCC3)cc2)c(C)n1C1CC1. The second-order valence-corrected chi connectivity index (χ2v) is 10.3. The summed E-state index contributed by atoms with van der Waals surface area (Å²) in [6.45, 7) is 4.49. The van der Waals surface area contributed by atoms with Crippen molar-refractivity contribution in [3.8, 4) is 5.75 Å². The highest BCUT2D eigenvalue weighted by Crippen LogP contribution is 2.46. The predicted octanol–water partition coefficient (Wildman–Crippen LogP) is 6.33. The maximum atomic E-state index is 6.21. The molecule has 6 rings (SSSR count). The normalized spacial score (nSPS) is 22.9. The standard InChI is InChI=1S/C28H32N4OS/c1-18-17-24(19(2)31(18)20-10-11-20)27-26(25-9-5-6-16-29-25)30-28(34)32(27)21-12-14-23(15-13-21)33-22-7-3-4-8-22/h5-6,9,12-17,20,22,26-27H,3-4,7-8,10-11H2,1-2H3,(H,30,34)/t26-,27-/m1/s1. The Balaban J connectivity index is 1.38. The van der Waals surface area contributed by atoms with E-state index in [1.165, 1.54) is 42.6 Å². The minimum Gasteiger partial charge on any atom is -0.490 e. The first-order valence-corrected chi connectivity index (χ1v) is 13.0. The smallest absolute Gasteiger partial charge is 0.174 e. The molecule has 1 aromatic carbocycles. The fraction of sp³-hybridized carbons (Fsp3) is 0.429. The Bertz CT molecular complexity index is 1180. The minimum atomic E-state index is -0.0173. The highest BCUT2D eigenvalue weighted by Gasteiger charge is 2.43. The lowest BCUT2D eigenvalue weighted by Crippen LogP contribution is -2.29. The van der Waals surface area contributed by atoms with Crippen LogP contribution in [0.5, 0.6) is 5.75 Å². The van der Waals surface area contributed by atoms with Gasteiger partial charge in [0.05, 0.1) is 23.9 Å². The van der Waals surface area contributed by atoms with E-state index in [0.717, 1.165) is 35.1 Å². The summed E-state index contributed by atoms with van der Waals surface area (Å²) in [7, 11) is 0. The molecule has 2 atom stereocenters. The van der Waals surface area contributed by atoms with E-state index < -0.39 is 0 Å². The first-order chi connectivity index (χ1) is 16.6. The highest BCUT2D eigenvalue weighted by atomic mass is 32.1. The van der Waals surface area contributed by atoms with Gasteiger partial charge in [-0.1, -0.05) is 6.07 Å². The molecule has 0 amide bonds. The van der Waals surface area contributed by atoms with Gasteiger partial charge < -0.3 is 19.5 Å². The third kappa shape index (κ3) is 3.88. The number of nitrogens with zero attached hydrogens (tertiary/aromatic N) is 3. The Labute approximate surface area is 207 Å². The van der Waals surface area contributed by atoms with Crippen LogP contribution in [0.1, 0.15) is 79.3 Å². The summed E-state index contributed by atoms with van der Waals surface area (Å²) < 4.78 is 8.73. The number of rotatable bonds is 6. The lowest BCUT2D eigenvalue weighted by atomic mass is 9.96. The summed E-state index contributed by atoms with van der Waals surface area (Å²) in [5.41, 5.74) is 6.07. The summed E-state index contributed by atoms with van der Waals surface area (Å²) in [5, 5.41) is 4.33. The average Bonchev–Trinajstić information content (AvgIpc) is 3.30. The van der Waals surface area contributed by atoms with Gasteiger partial charge in [0.1, 0.15) is 5.75 Å². The molecule has 0 radical (unpaired) electrons. The van der Waals surface area contributed by atoms with E-state index in [0.29, 0.717) is 12.1 Å². The van der Waals surface area contributed by atoms with E-state index >= 15 is 0 Å². The molecule has 0 unspecified atom stereocenters. The molecule has 2 aliphatic carbocycles. The Morgan fingerprint density at radius 3 is 2.44 bits per heavy atom. The fourth-order valence-corrected chi connectivity index (χ4v) is 6.18. The van der Waals surface area contributed by atoms with E-state index in [2.05, 4.69) is 71.1 Å². The van der Waals surface area contributed by atoms with Crippen LogP contribution in [0.25, 0.3) is 0 Å². The molecule has 3 aliphatic rings. The van der Waals surface area contributed by atoms with Crippen LogP contribution < -0.4 is 15.0 Å². The van der Waals surface area contributed by atoms with Crippen molar-refractivity contribution in [3.63, 3.8) is 0 Å². The maximum absolute atomic E-state index is 6.21. The van der Waals surface area contributed by atoms with Crippen molar-refractivity contribution < 1.29 is 4.74 Å². The molecule has 1 saturated heterocycles. The second-order valence-electron chi connectivity index (χ2n) is 9.94. The zero-order valence-electron chi connectivity index (χ0n) is 19.9. The highest BCUT2D eigenvalue weighted by molar-refractivity contribution is 7.80. The van der Waals surface area contributed by atoms with Crippen LogP contribution in [0.15, 0.2) is 54.7 Å². The summed E-state index contributed by atoms with van der Waals surface area (Å²) in [5.74, 6) is 0.943. The lowest BCUT2D eigenvalue weighted by Gasteiger charge is -2.28. The number of benzene rings is 1. The monoisotopic (exact) mass is 472 g/mol. The third-order valence-electron chi connectivity index (χ3n) is 7.57. The first-order valence-electron chi connectivity index (χ1n) is 12.6. The van der Waals surface area contributed by atoms with Gasteiger partial charge >= 0.3 is 0 Å². The van der Waals surface area contributed by atoms with Crippen molar-refractivity contribution in [3.05, 3.63) is 77.4 Å². The van der Waals surface area contributed by atoms with Crippen LogP contribution >= 0.6 is 12.2 Å². The van der Waals surface area contributed by atoms with E-state index in [-0.39, 0.29) is 12.1 Å². The van der Waals surface area contributed by atoms with Gasteiger partial charge in [-0.3, -0.25) is 4.98 Å². The molecular weight excluding hydrogens is 440 g/mol. The Hall–Kier alpha value is -2.86. The Kier molecular flexibility index (Phi) is 5.56. The van der Waals surface area contributed by atoms with Gasteiger partial charge in [0.25, 0.3) is 0 Å². The minimum absolute atomic E-state index is 0.0173. The number of aromatic nitrogens is 2. The van der Waals surface area contributed by atoms with Crippen LogP contribution in [0.2, 0.25) is 0 Å². The number of nitrogens with one attached hydrogen (secondary N) is 1. The van der Waals surface area contributed by atoms with Gasteiger partial charge in [0.2, 0.25) is 0 Å². The topological polar surface area (TPSA) is 42.3 Å². The molecule has 6 heteroatoms. The molecule has 1 aliphatic heterocycles. The number of aryl methyl sites for hydroxylation is 1. The number of thiocarbonyl (C=S) groups is 1. The van der Waals surface area contributed by atoms with Crippen molar-refractivity contribution in [2.24, 2.45) is 0 Å². The van der Waals surface area contributed by atoms with Crippen LogP contribution in [0.4, 0.5) is 5.69 Å². The van der Waals surface area contributed by atoms with E-state index in [9.17, 15) is 0 Å². The molecule has 2 saturated carbocycles. The molecule has 2 aromatic heterocycles. The average molecular weight is 473 g/mol. The zero-order chi connectivity index (χ0) is 23.2. The molecule has 3 fully saturated rings. The Morgan fingerprint density at radius 1 is 1.00 bits per heavy atom. The van der Waals surface area contributed by atoms with Crippen LogP contribution in [-0.4, -0.2) is 20.8 Å².